The van der Waals surface area contributed by atoms with Crippen LogP contribution in [0.15, 0.2) is 71.7 Å². The number of allylic oxidation sites excluding steroid dienone is 1. The van der Waals surface area contributed by atoms with Gasteiger partial charge in [0, 0.05) is 16.6 Å². The van der Waals surface area contributed by atoms with Gasteiger partial charge >= 0.3 is 0 Å². The average molecular weight is 412 g/mol. The molecule has 4 nitrogen and oxygen atoms in total. The lowest BCUT2D eigenvalue weighted by molar-refractivity contribution is -0.140. The van der Waals surface area contributed by atoms with E-state index in [0.717, 1.165) is 10.0 Å². The number of halogens is 1. The maximum Gasteiger partial charge on any atom is 0.264 e. The Labute approximate surface area is 160 Å². The van der Waals surface area contributed by atoms with E-state index in [0.29, 0.717) is 11.3 Å². The molecule has 0 aromatic heterocycles. The molecular formula is C21H18BrNO3. The van der Waals surface area contributed by atoms with Crippen molar-refractivity contribution >= 4 is 39.4 Å². The number of hydrogen-bond acceptors (Lipinski definition) is 3. The molecule has 0 aliphatic carbocycles. The smallest absolute Gasteiger partial charge is 0.264 e. The number of carbonyl (C=O) groups excluding carboxylic acids is 2. The maximum atomic E-state index is 12.8. The molecule has 0 spiro atoms. The number of carbonyl (C=O) groups is 2. The molecule has 0 saturated heterocycles. The van der Waals surface area contributed by atoms with Crippen LogP contribution in [-0.2, 0) is 15.2 Å². The van der Waals surface area contributed by atoms with Crippen LogP contribution in [0.1, 0.15) is 17.5 Å². The van der Waals surface area contributed by atoms with Crippen molar-refractivity contribution in [3.8, 4) is 0 Å². The molecule has 0 bridgehead atoms. The molecule has 0 unspecified atom stereocenters. The van der Waals surface area contributed by atoms with Gasteiger partial charge in [0.2, 0.25) is 0 Å². The Kier molecular flexibility index (Phi) is 5.20. The summed E-state index contributed by atoms with van der Waals surface area (Å²) in [6, 6.07) is 14.6. The zero-order valence-electron chi connectivity index (χ0n) is 14.1. The van der Waals surface area contributed by atoms with Crippen molar-refractivity contribution in [3.05, 3.63) is 82.9 Å². The second-order valence-electron chi connectivity index (χ2n) is 6.11. The zero-order valence-corrected chi connectivity index (χ0v) is 15.6. The molecule has 2 aromatic carbocycles. The van der Waals surface area contributed by atoms with Crippen molar-refractivity contribution in [2.75, 3.05) is 11.4 Å². The number of fused-ring (bicyclic) bond motifs is 1. The summed E-state index contributed by atoms with van der Waals surface area (Å²) in [6.07, 6.45) is 4.35. The Morgan fingerprint density at radius 1 is 1.23 bits per heavy atom. The Balaban J connectivity index is 1.89. The van der Waals surface area contributed by atoms with Crippen molar-refractivity contribution in [3.63, 3.8) is 0 Å². The summed E-state index contributed by atoms with van der Waals surface area (Å²) < 4.78 is 0.732. The normalized spacial score (nSPS) is 19.0. The summed E-state index contributed by atoms with van der Waals surface area (Å²) in [7, 11) is 0. The van der Waals surface area contributed by atoms with Crippen LogP contribution in [0, 0.1) is 0 Å². The van der Waals surface area contributed by atoms with E-state index in [2.05, 4.69) is 22.5 Å². The number of amides is 1. The highest BCUT2D eigenvalue weighted by Gasteiger charge is 2.50. The minimum absolute atomic E-state index is 0.268. The highest BCUT2D eigenvalue weighted by Crippen LogP contribution is 2.43. The SMILES string of the molecule is C=CCN1C(=O)[C@@](O)(CC(=O)/C=C/c2ccccc2)c2cc(Br)ccc21. The van der Waals surface area contributed by atoms with Crippen LogP contribution in [-0.4, -0.2) is 23.3 Å². The Morgan fingerprint density at radius 3 is 2.65 bits per heavy atom. The second-order valence-corrected chi connectivity index (χ2v) is 7.03. The maximum absolute atomic E-state index is 12.8. The van der Waals surface area contributed by atoms with Crippen molar-refractivity contribution in [1.29, 1.82) is 0 Å². The number of anilines is 1. The number of aliphatic hydroxyl groups is 1. The number of nitrogens with zero attached hydrogens (tertiary/aromatic N) is 1. The molecule has 132 valence electrons. The Bertz CT molecular complexity index is 891. The average Bonchev–Trinajstić information content (AvgIpc) is 2.83. The molecule has 1 heterocycles. The largest absolute Gasteiger partial charge is 0.375 e. The highest BCUT2D eigenvalue weighted by molar-refractivity contribution is 9.10. The van der Waals surface area contributed by atoms with Crippen LogP contribution in [0.2, 0.25) is 0 Å². The number of hydrogen-bond donors (Lipinski definition) is 1. The third kappa shape index (κ3) is 3.41. The molecule has 1 atom stereocenters. The van der Waals surface area contributed by atoms with Gasteiger partial charge in [-0.2, -0.15) is 0 Å². The fourth-order valence-corrected chi connectivity index (χ4v) is 3.43. The minimum atomic E-state index is -1.87. The van der Waals surface area contributed by atoms with Gasteiger partial charge in [-0.05, 0) is 29.8 Å². The third-order valence-corrected chi connectivity index (χ3v) is 4.79. The Hall–Kier alpha value is -2.50. The van der Waals surface area contributed by atoms with Gasteiger partial charge in [0.05, 0.1) is 12.1 Å². The fourth-order valence-electron chi connectivity index (χ4n) is 3.07. The number of ketones is 1. The predicted molar refractivity (Wildman–Crippen MR) is 106 cm³/mol. The number of rotatable bonds is 6. The zero-order chi connectivity index (χ0) is 18.7. The number of benzene rings is 2. The van der Waals surface area contributed by atoms with E-state index < -0.39 is 11.5 Å². The van der Waals surface area contributed by atoms with Gasteiger partial charge in [0.25, 0.3) is 5.91 Å². The standard InChI is InChI=1S/C21H18BrNO3/c1-2-12-23-19-11-9-16(22)13-18(19)21(26,20(23)25)14-17(24)10-8-15-6-4-3-5-7-15/h2-11,13,26H,1,12,14H2/b10-8+/t21-/m1/s1. The fraction of sp³-hybridized carbons (Fsp3) is 0.143. The first-order valence-corrected chi connectivity index (χ1v) is 8.96. The highest BCUT2D eigenvalue weighted by atomic mass is 79.9. The van der Waals surface area contributed by atoms with E-state index in [4.69, 9.17) is 0 Å². The molecule has 5 heteroatoms. The lowest BCUT2D eigenvalue weighted by Gasteiger charge is -2.21. The monoisotopic (exact) mass is 411 g/mol. The van der Waals surface area contributed by atoms with Crippen LogP contribution in [0.3, 0.4) is 0 Å². The summed E-state index contributed by atoms with van der Waals surface area (Å²) in [5.74, 6) is -0.831. The quantitative estimate of drug-likeness (QED) is 0.580. The van der Waals surface area contributed by atoms with Crippen molar-refractivity contribution in [1.82, 2.24) is 0 Å². The second kappa shape index (κ2) is 7.40. The first-order chi connectivity index (χ1) is 12.5. The lowest BCUT2D eigenvalue weighted by Crippen LogP contribution is -2.41. The molecular weight excluding hydrogens is 394 g/mol. The molecule has 0 radical (unpaired) electrons. The third-order valence-electron chi connectivity index (χ3n) is 4.30. The first kappa shape index (κ1) is 18.3. The molecule has 0 saturated carbocycles. The topological polar surface area (TPSA) is 57.6 Å². The molecule has 0 fully saturated rings. The van der Waals surface area contributed by atoms with Crippen molar-refractivity contribution in [2.45, 2.75) is 12.0 Å². The summed E-state index contributed by atoms with van der Waals surface area (Å²) in [5.41, 5.74) is 0.0305. The van der Waals surface area contributed by atoms with E-state index in [1.165, 1.54) is 11.0 Å². The van der Waals surface area contributed by atoms with E-state index in [1.807, 2.05) is 30.3 Å². The van der Waals surface area contributed by atoms with Crippen molar-refractivity contribution < 1.29 is 14.7 Å². The molecule has 2 aromatic rings. The molecule has 1 aliphatic heterocycles. The van der Waals surface area contributed by atoms with Crippen molar-refractivity contribution in [2.24, 2.45) is 0 Å². The van der Waals surface area contributed by atoms with Gasteiger partial charge < -0.3 is 10.0 Å². The lowest BCUT2D eigenvalue weighted by atomic mass is 9.89. The van der Waals surface area contributed by atoms with Gasteiger partial charge in [0.1, 0.15) is 0 Å². The van der Waals surface area contributed by atoms with E-state index >= 15 is 0 Å². The van der Waals surface area contributed by atoms with Crippen LogP contribution in [0.4, 0.5) is 5.69 Å². The van der Waals surface area contributed by atoms with Gasteiger partial charge in [-0.15, -0.1) is 6.58 Å². The molecule has 1 N–H and O–H groups in total. The molecule has 3 rings (SSSR count). The van der Waals surface area contributed by atoms with Gasteiger partial charge in [-0.25, -0.2) is 0 Å². The van der Waals surface area contributed by atoms with Crippen LogP contribution in [0.5, 0.6) is 0 Å². The van der Waals surface area contributed by atoms with Crippen LogP contribution >= 0.6 is 15.9 Å². The summed E-state index contributed by atoms with van der Waals surface area (Å²) >= 11 is 3.36. The first-order valence-electron chi connectivity index (χ1n) is 8.17. The summed E-state index contributed by atoms with van der Waals surface area (Å²) in [5, 5.41) is 11.1. The Morgan fingerprint density at radius 2 is 1.96 bits per heavy atom. The van der Waals surface area contributed by atoms with Gasteiger partial charge in [0.15, 0.2) is 11.4 Å². The van der Waals surface area contributed by atoms with Gasteiger partial charge in [-0.1, -0.05) is 58.4 Å². The molecule has 1 aliphatic rings. The molecule has 26 heavy (non-hydrogen) atoms. The summed E-state index contributed by atoms with van der Waals surface area (Å²) in [6.45, 7) is 3.93. The summed E-state index contributed by atoms with van der Waals surface area (Å²) in [4.78, 5) is 26.7. The predicted octanol–water partition coefficient (Wildman–Crippen LogP) is 3.84. The molecule has 1 amide bonds. The van der Waals surface area contributed by atoms with Crippen LogP contribution in [0.25, 0.3) is 6.08 Å². The van der Waals surface area contributed by atoms with E-state index in [-0.39, 0.29) is 18.7 Å². The van der Waals surface area contributed by atoms with Gasteiger partial charge in [-0.3, -0.25) is 9.59 Å². The minimum Gasteiger partial charge on any atom is -0.375 e. The van der Waals surface area contributed by atoms with E-state index in [1.54, 1.807) is 30.4 Å². The van der Waals surface area contributed by atoms with Crippen LogP contribution < -0.4 is 4.90 Å². The van der Waals surface area contributed by atoms with E-state index in [9.17, 15) is 14.7 Å².